The number of rotatable bonds is 7. The van der Waals surface area contributed by atoms with Crippen molar-refractivity contribution in [3.63, 3.8) is 0 Å². The maximum Gasteiger partial charge on any atom is 0.325 e. The standard InChI is InChI=1S/C25H31NO8P2/c1-16-3-5-21-19(23(16)27)15-20-22(6-4-17(2)24(20)28)26(21)18-7-9-25(10-8-18,11-13-35(29,30)31)12-14-36(32,33)34/h3-10,18,27-28H,11-15H2,1-2H3,(H2,29,30,31)(H2,32,33,34). The van der Waals surface area contributed by atoms with E-state index in [1.165, 1.54) is 0 Å². The van der Waals surface area contributed by atoms with Crippen molar-refractivity contribution in [1.82, 2.24) is 0 Å². The average Bonchev–Trinajstić information content (AvgIpc) is 2.80. The third kappa shape index (κ3) is 5.47. The van der Waals surface area contributed by atoms with Gasteiger partial charge in [0.1, 0.15) is 11.5 Å². The summed E-state index contributed by atoms with van der Waals surface area (Å²) < 4.78 is 23.1. The number of phenolic OH excluding ortho intramolecular Hbond substituents is 2. The molecule has 0 radical (unpaired) electrons. The smallest absolute Gasteiger partial charge is 0.325 e. The Labute approximate surface area is 209 Å². The van der Waals surface area contributed by atoms with Crippen molar-refractivity contribution in [3.05, 3.63) is 70.8 Å². The van der Waals surface area contributed by atoms with Gasteiger partial charge in [-0.3, -0.25) is 9.13 Å². The molecule has 2 aliphatic rings. The van der Waals surface area contributed by atoms with Crippen LogP contribution in [0, 0.1) is 19.3 Å². The first kappa shape index (κ1) is 26.7. The second-order valence-electron chi connectivity index (χ2n) is 9.72. The van der Waals surface area contributed by atoms with Crippen LogP contribution in [0.3, 0.4) is 0 Å². The minimum atomic E-state index is -4.32. The monoisotopic (exact) mass is 535 g/mol. The molecule has 0 aromatic heterocycles. The Hall–Kier alpha value is -2.38. The molecular weight excluding hydrogens is 504 g/mol. The molecule has 1 heterocycles. The van der Waals surface area contributed by atoms with Gasteiger partial charge in [0.25, 0.3) is 0 Å². The molecule has 11 heteroatoms. The maximum absolute atomic E-state index is 11.6. The fraction of sp³-hybridized carbons (Fsp3) is 0.360. The second kappa shape index (κ2) is 9.49. The zero-order valence-electron chi connectivity index (χ0n) is 20.1. The minimum Gasteiger partial charge on any atom is -0.507 e. The minimum absolute atomic E-state index is 0.0319. The highest BCUT2D eigenvalue weighted by atomic mass is 31.2. The predicted octanol–water partition coefficient (Wildman–Crippen LogP) is 4.37. The van der Waals surface area contributed by atoms with Crippen molar-refractivity contribution in [1.29, 1.82) is 0 Å². The van der Waals surface area contributed by atoms with Gasteiger partial charge < -0.3 is 34.7 Å². The molecule has 0 spiro atoms. The summed E-state index contributed by atoms with van der Waals surface area (Å²) in [4.78, 5) is 39.6. The van der Waals surface area contributed by atoms with Crippen molar-refractivity contribution in [2.24, 2.45) is 5.41 Å². The molecule has 0 amide bonds. The lowest BCUT2D eigenvalue weighted by Crippen LogP contribution is -2.35. The van der Waals surface area contributed by atoms with Gasteiger partial charge in [-0.15, -0.1) is 0 Å². The van der Waals surface area contributed by atoms with Gasteiger partial charge in [0.15, 0.2) is 0 Å². The van der Waals surface area contributed by atoms with Crippen molar-refractivity contribution in [3.8, 4) is 11.5 Å². The van der Waals surface area contributed by atoms with Gasteiger partial charge in [0, 0.05) is 34.3 Å². The first-order chi connectivity index (χ1) is 16.7. The van der Waals surface area contributed by atoms with E-state index in [0.717, 1.165) is 11.4 Å². The highest BCUT2D eigenvalue weighted by molar-refractivity contribution is 7.52. The quantitative estimate of drug-likeness (QED) is 0.224. The Morgan fingerprint density at radius 1 is 0.806 bits per heavy atom. The zero-order valence-corrected chi connectivity index (χ0v) is 21.9. The van der Waals surface area contributed by atoms with Crippen LogP contribution in [0.15, 0.2) is 48.6 Å². The van der Waals surface area contributed by atoms with E-state index in [4.69, 9.17) is 0 Å². The number of aromatic hydroxyl groups is 2. The summed E-state index contributed by atoms with van der Waals surface area (Å²) in [5, 5.41) is 21.7. The predicted molar refractivity (Wildman–Crippen MR) is 138 cm³/mol. The number of fused-ring (bicyclic) bond motifs is 2. The molecule has 2 aromatic carbocycles. The first-order valence-electron chi connectivity index (χ1n) is 11.6. The summed E-state index contributed by atoms with van der Waals surface area (Å²) in [6.07, 6.45) is 6.80. The Morgan fingerprint density at radius 2 is 1.22 bits per heavy atom. The molecule has 2 aromatic rings. The molecule has 0 atom stereocenters. The fourth-order valence-electron chi connectivity index (χ4n) is 4.95. The van der Waals surface area contributed by atoms with Crippen molar-refractivity contribution < 1.29 is 38.9 Å². The maximum atomic E-state index is 11.6. The van der Waals surface area contributed by atoms with Crippen LogP contribution < -0.4 is 4.90 Å². The van der Waals surface area contributed by atoms with Gasteiger partial charge in [0.2, 0.25) is 0 Å². The van der Waals surface area contributed by atoms with E-state index in [0.29, 0.717) is 28.7 Å². The molecule has 0 fully saturated rings. The Morgan fingerprint density at radius 3 is 1.61 bits per heavy atom. The molecule has 1 aliphatic carbocycles. The van der Waals surface area contributed by atoms with Gasteiger partial charge >= 0.3 is 15.2 Å². The summed E-state index contributed by atoms with van der Waals surface area (Å²) >= 11 is 0. The lowest BCUT2D eigenvalue weighted by atomic mass is 9.78. The van der Waals surface area contributed by atoms with Gasteiger partial charge in [0.05, 0.1) is 18.4 Å². The first-order valence-corrected chi connectivity index (χ1v) is 15.2. The lowest BCUT2D eigenvalue weighted by molar-refractivity contribution is 0.347. The van der Waals surface area contributed by atoms with E-state index >= 15 is 0 Å². The summed E-state index contributed by atoms with van der Waals surface area (Å²) in [6.45, 7) is 3.62. The zero-order chi connectivity index (χ0) is 26.5. The number of allylic oxidation sites excluding steroid dienone is 2. The summed E-state index contributed by atoms with van der Waals surface area (Å²) in [6, 6.07) is 7.09. The van der Waals surface area contributed by atoms with E-state index < -0.39 is 32.9 Å². The van der Waals surface area contributed by atoms with Crippen LogP contribution in [-0.2, 0) is 15.6 Å². The van der Waals surface area contributed by atoms with Crippen molar-refractivity contribution >= 4 is 26.6 Å². The van der Waals surface area contributed by atoms with Gasteiger partial charge in [-0.25, -0.2) is 0 Å². The average molecular weight is 535 g/mol. The SMILES string of the molecule is Cc1ccc2c(c1O)Cc1c(ccc(C)c1O)N2C1C=CC(CCP(=O)(O)O)(CCP(=O)(O)O)C=C1. The van der Waals surface area contributed by atoms with Crippen LogP contribution in [0.5, 0.6) is 11.5 Å². The third-order valence-electron chi connectivity index (χ3n) is 7.08. The van der Waals surface area contributed by atoms with Crippen LogP contribution in [0.4, 0.5) is 11.4 Å². The van der Waals surface area contributed by atoms with Crippen LogP contribution in [-0.4, -0.2) is 48.2 Å². The summed E-state index contributed by atoms with van der Waals surface area (Å²) in [5.74, 6) is 0.316. The number of nitrogens with zero attached hydrogens (tertiary/aromatic N) is 1. The van der Waals surface area contributed by atoms with E-state index in [-0.39, 0.29) is 30.4 Å². The number of hydrogen-bond donors (Lipinski definition) is 6. The van der Waals surface area contributed by atoms with Crippen LogP contribution >= 0.6 is 15.2 Å². The van der Waals surface area contributed by atoms with Crippen molar-refractivity contribution in [2.75, 3.05) is 17.2 Å². The second-order valence-corrected chi connectivity index (χ2v) is 13.3. The Balaban J connectivity index is 1.75. The number of aryl methyl sites for hydroxylation is 2. The molecular formula is C25H31NO8P2. The molecule has 0 saturated carbocycles. The van der Waals surface area contributed by atoms with Gasteiger partial charge in [-0.2, -0.15) is 0 Å². The van der Waals surface area contributed by atoms with E-state index in [2.05, 4.69) is 0 Å². The van der Waals surface area contributed by atoms with Crippen molar-refractivity contribution in [2.45, 2.75) is 39.2 Å². The van der Waals surface area contributed by atoms with Crippen LogP contribution in [0.25, 0.3) is 0 Å². The van der Waals surface area contributed by atoms with Gasteiger partial charge in [-0.05, 0) is 49.9 Å². The van der Waals surface area contributed by atoms with Crippen LogP contribution in [0.2, 0.25) is 0 Å². The molecule has 0 bridgehead atoms. The van der Waals surface area contributed by atoms with Gasteiger partial charge in [-0.1, -0.05) is 36.4 Å². The number of phenols is 2. The van der Waals surface area contributed by atoms with E-state index in [1.807, 2.05) is 55.2 Å². The molecule has 36 heavy (non-hydrogen) atoms. The molecule has 6 N–H and O–H groups in total. The van der Waals surface area contributed by atoms with E-state index in [1.54, 1.807) is 12.2 Å². The largest absolute Gasteiger partial charge is 0.507 e. The summed E-state index contributed by atoms with van der Waals surface area (Å²) in [7, 11) is -8.63. The molecule has 0 unspecified atom stereocenters. The Kier molecular flexibility index (Phi) is 7.03. The third-order valence-corrected chi connectivity index (χ3v) is 8.69. The fourth-order valence-corrected chi connectivity index (χ4v) is 6.37. The molecule has 9 nitrogen and oxygen atoms in total. The lowest BCUT2D eigenvalue weighted by Gasteiger charge is -2.40. The number of hydrogen-bond acceptors (Lipinski definition) is 5. The summed E-state index contributed by atoms with van der Waals surface area (Å²) in [5.41, 5.74) is 3.42. The van der Waals surface area contributed by atoms with Crippen LogP contribution in [0.1, 0.15) is 35.1 Å². The highest BCUT2D eigenvalue weighted by Gasteiger charge is 2.36. The highest BCUT2D eigenvalue weighted by Crippen LogP contribution is 2.50. The Bertz CT molecular complexity index is 1240. The molecule has 194 valence electrons. The topological polar surface area (TPSA) is 159 Å². The molecule has 4 rings (SSSR count). The molecule has 0 saturated heterocycles. The van der Waals surface area contributed by atoms with E-state index in [9.17, 15) is 38.9 Å². The normalized spacial score (nSPS) is 17.2. The molecule has 1 aliphatic heterocycles. The number of benzene rings is 2. The number of anilines is 2.